The number of unbranched alkanes of at least 4 members (excludes halogenated alkanes) is 5. The molecule has 2 aromatic carbocycles. The normalized spacial score (nSPS) is 10.9. The molecule has 36 heavy (non-hydrogen) atoms. The number of non-ortho nitro benzene ring substituents is 1. The quantitative estimate of drug-likeness (QED) is 0.0530. The van der Waals surface area contributed by atoms with Crippen molar-refractivity contribution in [2.24, 2.45) is 0 Å². The predicted molar refractivity (Wildman–Crippen MR) is 139 cm³/mol. The third-order valence-electron chi connectivity index (χ3n) is 5.39. The second-order valence-corrected chi connectivity index (χ2v) is 8.27. The second kappa shape index (κ2) is 15.0. The van der Waals surface area contributed by atoms with Crippen molar-refractivity contribution in [3.8, 4) is 17.6 Å². The van der Waals surface area contributed by atoms with E-state index >= 15 is 0 Å². The number of nitrogens with zero attached hydrogens (tertiary/aromatic N) is 2. The lowest BCUT2D eigenvalue weighted by atomic mass is 10.0. The van der Waals surface area contributed by atoms with Crippen LogP contribution < -0.4 is 9.47 Å². The minimum Gasteiger partial charge on any atom is -0.493 e. The molecule has 0 aliphatic rings. The predicted octanol–water partition coefficient (Wildman–Crippen LogP) is 6.51. The maximum atomic E-state index is 11.3. The van der Waals surface area contributed by atoms with Crippen molar-refractivity contribution in [2.45, 2.75) is 45.4 Å². The van der Waals surface area contributed by atoms with Crippen molar-refractivity contribution < 1.29 is 23.9 Å². The molecule has 0 unspecified atom stereocenters. The first kappa shape index (κ1) is 28.1. The number of carbonyl (C=O) groups is 1. The number of nitro groups is 1. The zero-order valence-corrected chi connectivity index (χ0v) is 20.8. The van der Waals surface area contributed by atoms with Crippen molar-refractivity contribution in [3.63, 3.8) is 0 Å². The maximum absolute atomic E-state index is 11.3. The highest BCUT2D eigenvalue weighted by Gasteiger charge is 2.09. The van der Waals surface area contributed by atoms with Crippen LogP contribution in [0.4, 0.5) is 5.69 Å². The van der Waals surface area contributed by atoms with E-state index < -0.39 is 4.92 Å². The van der Waals surface area contributed by atoms with Gasteiger partial charge < -0.3 is 14.2 Å². The zero-order valence-electron chi connectivity index (χ0n) is 20.8. The topological polar surface area (TPSA) is 112 Å². The van der Waals surface area contributed by atoms with Crippen LogP contribution in [0.2, 0.25) is 0 Å². The van der Waals surface area contributed by atoms with E-state index in [0.29, 0.717) is 41.4 Å². The Bertz CT molecular complexity index is 1120. The summed E-state index contributed by atoms with van der Waals surface area (Å²) in [7, 11) is 1.56. The first-order valence-corrected chi connectivity index (χ1v) is 11.9. The molecule has 0 aliphatic carbocycles. The van der Waals surface area contributed by atoms with Gasteiger partial charge in [0.2, 0.25) is 0 Å². The molecule has 0 aliphatic heterocycles. The van der Waals surface area contributed by atoms with Crippen LogP contribution in [0.1, 0.15) is 56.6 Å². The third-order valence-corrected chi connectivity index (χ3v) is 5.39. The SMILES string of the molecule is C=C(C)C(=O)OCCCCCCCCOc1ccc(C=C(C#N)c2ccc([N+](=O)[O-])cc2)cc1OC. The van der Waals surface area contributed by atoms with E-state index in [4.69, 9.17) is 14.2 Å². The van der Waals surface area contributed by atoms with Gasteiger partial charge in [-0.2, -0.15) is 5.26 Å². The number of benzene rings is 2. The van der Waals surface area contributed by atoms with Gasteiger partial charge in [0, 0.05) is 17.7 Å². The number of methoxy groups -OCH3 is 1. The third kappa shape index (κ3) is 9.26. The van der Waals surface area contributed by atoms with Crippen LogP contribution in [-0.4, -0.2) is 31.2 Å². The number of rotatable bonds is 15. The Morgan fingerprint density at radius 3 is 2.25 bits per heavy atom. The van der Waals surface area contributed by atoms with E-state index in [1.807, 2.05) is 12.1 Å². The van der Waals surface area contributed by atoms with Crippen LogP contribution in [0.15, 0.2) is 54.6 Å². The van der Waals surface area contributed by atoms with Crippen LogP contribution in [0.5, 0.6) is 11.5 Å². The van der Waals surface area contributed by atoms with Gasteiger partial charge in [-0.15, -0.1) is 0 Å². The minimum atomic E-state index is -0.476. The van der Waals surface area contributed by atoms with Gasteiger partial charge >= 0.3 is 5.97 Å². The summed E-state index contributed by atoms with van der Waals surface area (Å²) in [5.41, 5.74) is 2.13. The first-order valence-electron chi connectivity index (χ1n) is 11.9. The second-order valence-electron chi connectivity index (χ2n) is 8.27. The maximum Gasteiger partial charge on any atom is 0.333 e. The number of ether oxygens (including phenoxy) is 3. The van der Waals surface area contributed by atoms with Gasteiger partial charge in [0.05, 0.1) is 36.9 Å². The van der Waals surface area contributed by atoms with Gasteiger partial charge in [0.25, 0.3) is 5.69 Å². The summed E-state index contributed by atoms with van der Waals surface area (Å²) < 4.78 is 16.4. The molecule has 0 saturated heterocycles. The van der Waals surface area contributed by atoms with E-state index in [-0.39, 0.29) is 11.7 Å². The van der Waals surface area contributed by atoms with E-state index in [1.165, 1.54) is 12.1 Å². The summed E-state index contributed by atoms with van der Waals surface area (Å²) in [5.74, 6) is 0.860. The molecule has 0 aromatic heterocycles. The van der Waals surface area contributed by atoms with Crippen LogP contribution in [0, 0.1) is 21.4 Å². The summed E-state index contributed by atoms with van der Waals surface area (Å²) in [5, 5.41) is 20.4. The fourth-order valence-corrected chi connectivity index (χ4v) is 3.38. The summed E-state index contributed by atoms with van der Waals surface area (Å²) in [6.07, 6.45) is 7.67. The summed E-state index contributed by atoms with van der Waals surface area (Å²) in [6.45, 7) is 6.19. The number of allylic oxidation sites excluding steroid dienone is 1. The molecule has 0 bridgehead atoms. The largest absolute Gasteiger partial charge is 0.493 e. The van der Waals surface area contributed by atoms with Crippen molar-refractivity contribution in [1.82, 2.24) is 0 Å². The lowest BCUT2D eigenvalue weighted by molar-refractivity contribution is -0.384. The lowest BCUT2D eigenvalue weighted by Crippen LogP contribution is -2.06. The Labute approximate surface area is 211 Å². The Hall–Kier alpha value is -4.12. The van der Waals surface area contributed by atoms with E-state index in [2.05, 4.69) is 12.6 Å². The standard InChI is InChI=1S/C28H32N2O6/c1-21(2)28(31)36-17-9-7-5-4-6-8-16-35-26-15-10-22(19-27(26)34-3)18-24(20-29)23-11-13-25(14-12-23)30(32)33/h10-15,18-19H,1,4-9,16-17H2,2-3H3. The fraction of sp³-hybridized carbons (Fsp3) is 0.357. The highest BCUT2D eigenvalue weighted by molar-refractivity contribution is 5.90. The smallest absolute Gasteiger partial charge is 0.333 e. The van der Waals surface area contributed by atoms with Gasteiger partial charge in [-0.05, 0) is 61.2 Å². The molecule has 2 rings (SSSR count). The van der Waals surface area contributed by atoms with E-state index in [1.54, 1.807) is 38.3 Å². The van der Waals surface area contributed by atoms with Gasteiger partial charge in [0.1, 0.15) is 0 Å². The van der Waals surface area contributed by atoms with E-state index in [9.17, 15) is 20.2 Å². The van der Waals surface area contributed by atoms with Crippen molar-refractivity contribution in [3.05, 3.63) is 75.9 Å². The Morgan fingerprint density at radius 2 is 1.67 bits per heavy atom. The molecule has 0 heterocycles. The highest BCUT2D eigenvalue weighted by atomic mass is 16.6. The fourth-order valence-electron chi connectivity index (χ4n) is 3.38. The van der Waals surface area contributed by atoms with Crippen molar-refractivity contribution in [2.75, 3.05) is 20.3 Å². The molecule has 8 nitrogen and oxygen atoms in total. The van der Waals surface area contributed by atoms with E-state index in [0.717, 1.165) is 44.1 Å². The molecule has 0 spiro atoms. The van der Waals surface area contributed by atoms with Crippen molar-refractivity contribution >= 4 is 23.3 Å². The summed E-state index contributed by atoms with van der Waals surface area (Å²) in [4.78, 5) is 21.7. The molecule has 8 heteroatoms. The van der Waals surface area contributed by atoms with Gasteiger partial charge in [-0.3, -0.25) is 10.1 Å². The summed E-state index contributed by atoms with van der Waals surface area (Å²) in [6, 6.07) is 13.4. The molecule has 0 N–H and O–H groups in total. The lowest BCUT2D eigenvalue weighted by Gasteiger charge is -2.11. The Balaban J connectivity index is 1.80. The summed E-state index contributed by atoms with van der Waals surface area (Å²) >= 11 is 0. The van der Waals surface area contributed by atoms with Crippen molar-refractivity contribution in [1.29, 1.82) is 5.26 Å². The molecular formula is C28H32N2O6. The van der Waals surface area contributed by atoms with Gasteiger partial charge in [-0.1, -0.05) is 38.3 Å². The Kier molecular flexibility index (Phi) is 11.7. The van der Waals surface area contributed by atoms with Crippen LogP contribution in [0.25, 0.3) is 11.6 Å². The zero-order chi connectivity index (χ0) is 26.3. The number of nitro benzene ring substituents is 1. The average Bonchev–Trinajstić information content (AvgIpc) is 2.88. The number of carbonyl (C=O) groups excluding carboxylic acids is 1. The van der Waals surface area contributed by atoms with Crippen LogP contribution in [0.3, 0.4) is 0 Å². The number of hydrogen-bond acceptors (Lipinski definition) is 7. The van der Waals surface area contributed by atoms with Gasteiger partial charge in [-0.25, -0.2) is 4.79 Å². The number of nitriles is 1. The molecule has 2 aromatic rings. The molecule has 0 radical (unpaired) electrons. The molecule has 190 valence electrons. The van der Waals surface area contributed by atoms with Gasteiger partial charge in [0.15, 0.2) is 11.5 Å². The molecule has 0 fully saturated rings. The molecule has 0 saturated carbocycles. The molecule has 0 atom stereocenters. The minimum absolute atomic E-state index is 0.0270. The molecular weight excluding hydrogens is 460 g/mol. The van der Waals surface area contributed by atoms with Crippen LogP contribution in [-0.2, 0) is 9.53 Å². The number of hydrogen-bond donors (Lipinski definition) is 0. The average molecular weight is 493 g/mol. The Morgan fingerprint density at radius 1 is 1.03 bits per heavy atom. The monoisotopic (exact) mass is 492 g/mol. The highest BCUT2D eigenvalue weighted by Crippen LogP contribution is 2.30. The number of esters is 1. The van der Waals surface area contributed by atoms with Crippen LogP contribution >= 0.6 is 0 Å². The first-order chi connectivity index (χ1) is 17.3. The molecule has 0 amide bonds.